The number of carbonyl (C=O) groups excluding carboxylic acids is 1. The molecule has 7 heteroatoms. The number of hydrogen-bond donors (Lipinski definition) is 2. The predicted molar refractivity (Wildman–Crippen MR) is 115 cm³/mol. The zero-order chi connectivity index (χ0) is 20.4. The number of aryl methyl sites for hydroxylation is 3. The Balaban J connectivity index is 1.86. The summed E-state index contributed by atoms with van der Waals surface area (Å²) in [6.07, 6.45) is 0.801. The van der Waals surface area contributed by atoms with Crippen molar-refractivity contribution in [1.82, 2.24) is 14.5 Å². The van der Waals surface area contributed by atoms with Crippen molar-refractivity contribution in [3.8, 4) is 0 Å². The number of thioether (sulfide) groups is 1. The van der Waals surface area contributed by atoms with Gasteiger partial charge in [-0.1, -0.05) is 30.8 Å². The molecule has 1 atom stereocenters. The van der Waals surface area contributed by atoms with Crippen LogP contribution in [0.15, 0.2) is 34.2 Å². The summed E-state index contributed by atoms with van der Waals surface area (Å²) in [4.78, 5) is 33.2. The third-order valence-corrected chi connectivity index (χ3v) is 5.77. The molecule has 148 valence electrons. The fraction of sp³-hybridized carbons (Fsp3) is 0.381. The molecule has 0 saturated heterocycles. The Bertz CT molecular complexity index is 1080. The Labute approximate surface area is 168 Å². The highest BCUT2D eigenvalue weighted by molar-refractivity contribution is 7.99. The standard InChI is InChI=1S/C21H26N4O2S/c1-6-15(5)25-20(27)19-17(10-14(4)22-19)24-21(25)28-11-18(26)23-16-9-12(2)7-8-13(16)3/h7-10,15,22H,6,11H2,1-5H3,(H,23,26). The summed E-state index contributed by atoms with van der Waals surface area (Å²) in [6.45, 7) is 9.88. The number of H-pyrrole nitrogens is 1. The van der Waals surface area contributed by atoms with E-state index in [1.165, 1.54) is 11.8 Å². The molecule has 0 aliphatic heterocycles. The molecule has 3 rings (SSSR count). The van der Waals surface area contributed by atoms with E-state index in [-0.39, 0.29) is 23.3 Å². The number of amides is 1. The first-order valence-corrected chi connectivity index (χ1v) is 10.4. The van der Waals surface area contributed by atoms with Crippen LogP contribution in [0.2, 0.25) is 0 Å². The Morgan fingerprint density at radius 2 is 2.04 bits per heavy atom. The molecule has 0 aliphatic rings. The van der Waals surface area contributed by atoms with Gasteiger partial charge in [-0.05, 0) is 57.4 Å². The number of hydrogen-bond acceptors (Lipinski definition) is 4. The molecule has 3 aromatic rings. The molecular weight excluding hydrogens is 372 g/mol. The molecule has 6 nitrogen and oxygen atoms in total. The molecule has 2 N–H and O–H groups in total. The van der Waals surface area contributed by atoms with Crippen molar-refractivity contribution in [2.45, 2.75) is 52.2 Å². The van der Waals surface area contributed by atoms with Crippen LogP contribution in [0.25, 0.3) is 11.0 Å². The molecule has 0 spiro atoms. The first-order valence-electron chi connectivity index (χ1n) is 9.42. The van der Waals surface area contributed by atoms with Crippen LogP contribution in [-0.4, -0.2) is 26.2 Å². The molecule has 1 unspecified atom stereocenters. The Morgan fingerprint density at radius 1 is 1.29 bits per heavy atom. The van der Waals surface area contributed by atoms with Crippen LogP contribution in [0.3, 0.4) is 0 Å². The average molecular weight is 399 g/mol. The van der Waals surface area contributed by atoms with Gasteiger partial charge in [0.1, 0.15) is 5.52 Å². The Hall–Kier alpha value is -2.54. The number of nitrogens with zero attached hydrogens (tertiary/aromatic N) is 2. The van der Waals surface area contributed by atoms with Crippen molar-refractivity contribution in [2.24, 2.45) is 0 Å². The van der Waals surface area contributed by atoms with Gasteiger partial charge in [-0.3, -0.25) is 14.2 Å². The van der Waals surface area contributed by atoms with Crippen LogP contribution in [0, 0.1) is 20.8 Å². The number of rotatable bonds is 6. The minimum Gasteiger partial charge on any atom is -0.353 e. The van der Waals surface area contributed by atoms with E-state index in [1.54, 1.807) is 4.57 Å². The number of benzene rings is 1. The van der Waals surface area contributed by atoms with Gasteiger partial charge >= 0.3 is 0 Å². The molecular formula is C21H26N4O2S. The fourth-order valence-corrected chi connectivity index (χ4v) is 3.95. The van der Waals surface area contributed by atoms with Gasteiger partial charge in [0.2, 0.25) is 5.91 Å². The van der Waals surface area contributed by atoms with E-state index in [4.69, 9.17) is 0 Å². The molecule has 2 heterocycles. The number of nitrogens with one attached hydrogen (secondary N) is 2. The third-order valence-electron chi connectivity index (χ3n) is 4.82. The molecule has 28 heavy (non-hydrogen) atoms. The number of carbonyl (C=O) groups is 1. The van der Waals surface area contributed by atoms with Gasteiger partial charge in [-0.15, -0.1) is 0 Å². The van der Waals surface area contributed by atoms with Gasteiger partial charge in [0.05, 0.1) is 11.3 Å². The SMILES string of the molecule is CCC(C)n1c(SCC(=O)Nc2cc(C)ccc2C)nc2cc(C)[nH]c2c1=O. The van der Waals surface area contributed by atoms with E-state index in [2.05, 4.69) is 15.3 Å². The van der Waals surface area contributed by atoms with Crippen molar-refractivity contribution in [2.75, 3.05) is 11.1 Å². The predicted octanol–water partition coefficient (Wildman–Crippen LogP) is 4.35. The Kier molecular flexibility index (Phi) is 5.93. The molecule has 1 amide bonds. The van der Waals surface area contributed by atoms with Gasteiger partial charge < -0.3 is 10.3 Å². The van der Waals surface area contributed by atoms with Crippen LogP contribution >= 0.6 is 11.8 Å². The quantitative estimate of drug-likeness (QED) is 0.478. The van der Waals surface area contributed by atoms with Gasteiger partial charge in [-0.2, -0.15) is 0 Å². The number of anilines is 1. The number of fused-ring (bicyclic) bond motifs is 1. The monoisotopic (exact) mass is 398 g/mol. The topological polar surface area (TPSA) is 79.8 Å². The van der Waals surface area contributed by atoms with Gasteiger partial charge in [0.25, 0.3) is 5.56 Å². The second-order valence-corrected chi connectivity index (χ2v) is 8.14. The van der Waals surface area contributed by atoms with E-state index in [9.17, 15) is 9.59 Å². The molecule has 0 saturated carbocycles. The van der Waals surface area contributed by atoms with E-state index in [1.807, 2.05) is 58.9 Å². The molecule has 1 aromatic carbocycles. The average Bonchev–Trinajstić information content (AvgIpc) is 3.03. The van der Waals surface area contributed by atoms with E-state index in [0.717, 1.165) is 28.9 Å². The lowest BCUT2D eigenvalue weighted by molar-refractivity contribution is -0.113. The van der Waals surface area contributed by atoms with Crippen molar-refractivity contribution in [3.05, 3.63) is 51.4 Å². The maximum Gasteiger partial charge on any atom is 0.278 e. The lowest BCUT2D eigenvalue weighted by Crippen LogP contribution is -2.26. The van der Waals surface area contributed by atoms with Crippen LogP contribution < -0.4 is 10.9 Å². The minimum absolute atomic E-state index is 0.00224. The summed E-state index contributed by atoms with van der Waals surface area (Å²) in [7, 11) is 0. The maximum atomic E-state index is 13.0. The second-order valence-electron chi connectivity index (χ2n) is 7.19. The van der Waals surface area contributed by atoms with Crippen LogP contribution in [0.1, 0.15) is 43.1 Å². The molecule has 0 fully saturated rings. The largest absolute Gasteiger partial charge is 0.353 e. The molecule has 2 aromatic heterocycles. The Morgan fingerprint density at radius 3 is 2.75 bits per heavy atom. The van der Waals surface area contributed by atoms with E-state index in [0.29, 0.717) is 16.2 Å². The van der Waals surface area contributed by atoms with Crippen LogP contribution in [-0.2, 0) is 4.79 Å². The summed E-state index contributed by atoms with van der Waals surface area (Å²) >= 11 is 1.29. The first kappa shape index (κ1) is 20.2. The highest BCUT2D eigenvalue weighted by atomic mass is 32.2. The van der Waals surface area contributed by atoms with Gasteiger partial charge in [0.15, 0.2) is 5.16 Å². The highest BCUT2D eigenvalue weighted by Gasteiger charge is 2.18. The zero-order valence-corrected chi connectivity index (χ0v) is 17.7. The molecule has 0 aliphatic carbocycles. The van der Waals surface area contributed by atoms with E-state index < -0.39 is 0 Å². The second kappa shape index (κ2) is 8.22. The van der Waals surface area contributed by atoms with Gasteiger partial charge in [0, 0.05) is 17.4 Å². The van der Waals surface area contributed by atoms with Crippen LogP contribution in [0.4, 0.5) is 5.69 Å². The van der Waals surface area contributed by atoms with E-state index >= 15 is 0 Å². The normalized spacial score (nSPS) is 12.3. The summed E-state index contributed by atoms with van der Waals surface area (Å²) in [5.41, 5.74) is 4.88. The molecule has 0 bridgehead atoms. The first-order chi connectivity index (χ1) is 13.3. The number of aromatic amines is 1. The van der Waals surface area contributed by atoms with Crippen LogP contribution in [0.5, 0.6) is 0 Å². The smallest absolute Gasteiger partial charge is 0.278 e. The third kappa shape index (κ3) is 4.14. The zero-order valence-electron chi connectivity index (χ0n) is 16.9. The lowest BCUT2D eigenvalue weighted by Gasteiger charge is -2.17. The minimum atomic E-state index is -0.117. The fourth-order valence-electron chi connectivity index (χ4n) is 3.05. The lowest BCUT2D eigenvalue weighted by atomic mass is 10.1. The summed E-state index contributed by atoms with van der Waals surface area (Å²) < 4.78 is 1.69. The van der Waals surface area contributed by atoms with Crippen molar-refractivity contribution in [3.63, 3.8) is 0 Å². The van der Waals surface area contributed by atoms with Crippen molar-refractivity contribution in [1.29, 1.82) is 0 Å². The maximum absolute atomic E-state index is 13.0. The molecule has 0 radical (unpaired) electrons. The number of aromatic nitrogens is 3. The highest BCUT2D eigenvalue weighted by Crippen LogP contribution is 2.23. The van der Waals surface area contributed by atoms with Crippen molar-refractivity contribution < 1.29 is 4.79 Å². The van der Waals surface area contributed by atoms with Gasteiger partial charge in [-0.25, -0.2) is 4.98 Å². The summed E-state index contributed by atoms with van der Waals surface area (Å²) in [5.74, 6) is 0.0690. The summed E-state index contributed by atoms with van der Waals surface area (Å²) in [6, 6.07) is 7.82. The summed E-state index contributed by atoms with van der Waals surface area (Å²) in [5, 5.41) is 3.53. The van der Waals surface area contributed by atoms with Crippen molar-refractivity contribution >= 4 is 34.4 Å².